The Morgan fingerprint density at radius 2 is 1.85 bits per heavy atom. The first-order valence-electron chi connectivity index (χ1n) is 13.2. The second-order valence-corrected chi connectivity index (χ2v) is 11.5. The normalized spacial score (nSPS) is 16.4. The standard InChI is InChI=1S/C30H34N4O4S2/c1-5-31-23-15-14-22(19(2)36)16-24(23)33-30(32-17-20-10-12-21(13-11-20)29(37)38-4)40-27(18-35)28-34(3)25-8-6-7-9-26(25)39-28/h10-16,18,31H,5-9,17H2,1-4H3,(H,32,33)/b28-27-. The molecule has 4 rings (SSSR count). The lowest BCUT2D eigenvalue weighted by atomic mass is 10.0. The number of hydrogen-bond acceptors (Lipinski definition) is 9. The van der Waals surface area contributed by atoms with Gasteiger partial charge < -0.3 is 20.3 Å². The number of aliphatic imine (C=N–C) groups is 1. The van der Waals surface area contributed by atoms with Gasteiger partial charge in [-0.2, -0.15) is 0 Å². The van der Waals surface area contributed by atoms with E-state index in [0.29, 0.717) is 40.0 Å². The van der Waals surface area contributed by atoms with Crippen molar-refractivity contribution in [1.29, 1.82) is 0 Å². The van der Waals surface area contributed by atoms with Gasteiger partial charge in [0.05, 0.1) is 34.0 Å². The molecule has 0 bridgehead atoms. The van der Waals surface area contributed by atoms with Crippen LogP contribution >= 0.6 is 23.5 Å². The number of methoxy groups -OCH3 is 1. The van der Waals surface area contributed by atoms with Gasteiger partial charge in [-0.15, -0.1) is 0 Å². The first-order valence-corrected chi connectivity index (χ1v) is 14.9. The Hall–Kier alpha value is -3.50. The van der Waals surface area contributed by atoms with Crippen molar-refractivity contribution in [3.8, 4) is 0 Å². The van der Waals surface area contributed by atoms with Crippen molar-refractivity contribution in [1.82, 2.24) is 10.2 Å². The molecule has 0 amide bonds. The number of nitrogens with zero attached hydrogens (tertiary/aromatic N) is 2. The van der Waals surface area contributed by atoms with Crippen molar-refractivity contribution < 1.29 is 19.1 Å². The van der Waals surface area contributed by atoms with E-state index in [9.17, 15) is 14.4 Å². The third kappa shape index (κ3) is 6.98. The van der Waals surface area contributed by atoms with Crippen LogP contribution < -0.4 is 10.6 Å². The lowest BCUT2D eigenvalue weighted by Gasteiger charge is -2.21. The average molecular weight is 579 g/mol. The number of aldehydes is 1. The third-order valence-corrected chi connectivity index (χ3v) is 9.10. The Morgan fingerprint density at radius 1 is 1.12 bits per heavy atom. The molecule has 10 heteroatoms. The molecule has 0 fully saturated rings. The number of allylic oxidation sites excluding steroid dienone is 3. The number of nitrogens with one attached hydrogen (secondary N) is 2. The highest BCUT2D eigenvalue weighted by molar-refractivity contribution is 8.18. The fraction of sp³-hybridized carbons (Fsp3) is 0.333. The molecule has 210 valence electrons. The summed E-state index contributed by atoms with van der Waals surface area (Å²) >= 11 is 2.95. The predicted octanol–water partition coefficient (Wildman–Crippen LogP) is 6.45. The monoisotopic (exact) mass is 578 g/mol. The number of carbonyl (C=O) groups excluding carboxylic acids is 3. The minimum atomic E-state index is -0.393. The summed E-state index contributed by atoms with van der Waals surface area (Å²) in [5, 5.41) is 8.12. The maximum absolute atomic E-state index is 12.4. The fourth-order valence-corrected chi connectivity index (χ4v) is 6.77. The van der Waals surface area contributed by atoms with Gasteiger partial charge in [0.15, 0.2) is 17.2 Å². The van der Waals surface area contributed by atoms with Gasteiger partial charge in [-0.1, -0.05) is 23.9 Å². The number of carbonyl (C=O) groups is 3. The van der Waals surface area contributed by atoms with Crippen LogP contribution in [-0.2, 0) is 16.1 Å². The summed E-state index contributed by atoms with van der Waals surface area (Å²) < 4.78 is 4.79. The van der Waals surface area contributed by atoms with Crippen LogP contribution in [0, 0.1) is 0 Å². The Morgan fingerprint density at radius 3 is 2.50 bits per heavy atom. The van der Waals surface area contributed by atoms with Crippen LogP contribution in [0.5, 0.6) is 0 Å². The van der Waals surface area contributed by atoms with E-state index in [1.165, 1.54) is 42.8 Å². The first kappa shape index (κ1) is 29.5. The number of rotatable bonds is 9. The number of Topliss-reactive ketones (excluding diaryl/α,β-unsaturated/α-hetero) is 1. The fourth-order valence-electron chi connectivity index (χ4n) is 4.52. The van der Waals surface area contributed by atoms with Crippen molar-refractivity contribution in [2.24, 2.45) is 4.99 Å². The molecule has 2 aromatic carbocycles. The second kappa shape index (κ2) is 13.7. The van der Waals surface area contributed by atoms with Gasteiger partial charge in [0.25, 0.3) is 0 Å². The summed E-state index contributed by atoms with van der Waals surface area (Å²) in [5.41, 5.74) is 4.64. The highest BCUT2D eigenvalue weighted by atomic mass is 32.2. The van der Waals surface area contributed by atoms with E-state index in [0.717, 1.165) is 41.8 Å². The molecule has 2 N–H and O–H groups in total. The van der Waals surface area contributed by atoms with Gasteiger partial charge in [-0.25, -0.2) is 9.79 Å². The molecule has 1 aliphatic carbocycles. The quantitative estimate of drug-likeness (QED) is 0.0868. The van der Waals surface area contributed by atoms with E-state index in [4.69, 9.17) is 9.73 Å². The molecule has 1 aliphatic heterocycles. The molecule has 0 unspecified atom stereocenters. The minimum absolute atomic E-state index is 0.0521. The average Bonchev–Trinajstić information content (AvgIpc) is 3.31. The second-order valence-electron chi connectivity index (χ2n) is 9.40. The molecular weight excluding hydrogens is 544 g/mol. The predicted molar refractivity (Wildman–Crippen MR) is 164 cm³/mol. The number of benzene rings is 2. The smallest absolute Gasteiger partial charge is 0.337 e. The molecule has 0 saturated carbocycles. The Labute approximate surface area is 243 Å². The Kier molecular flexibility index (Phi) is 10.1. The summed E-state index contributed by atoms with van der Waals surface area (Å²) in [4.78, 5) is 45.3. The van der Waals surface area contributed by atoms with Gasteiger partial charge in [0, 0.05) is 36.3 Å². The summed E-state index contributed by atoms with van der Waals surface area (Å²) in [6.45, 7) is 4.62. The summed E-state index contributed by atoms with van der Waals surface area (Å²) in [5.74, 6) is -0.445. The van der Waals surface area contributed by atoms with Crippen LogP contribution in [0.1, 0.15) is 65.8 Å². The van der Waals surface area contributed by atoms with Gasteiger partial charge in [0.2, 0.25) is 0 Å². The van der Waals surface area contributed by atoms with Crippen molar-refractivity contribution in [2.45, 2.75) is 46.1 Å². The largest absolute Gasteiger partial charge is 0.465 e. The molecular formula is C30H34N4O4S2. The molecule has 8 nitrogen and oxygen atoms in total. The lowest BCUT2D eigenvalue weighted by Crippen LogP contribution is -2.21. The van der Waals surface area contributed by atoms with E-state index < -0.39 is 5.97 Å². The van der Waals surface area contributed by atoms with E-state index in [1.807, 2.05) is 32.2 Å². The molecule has 0 aromatic heterocycles. The summed E-state index contributed by atoms with van der Waals surface area (Å²) in [6, 6.07) is 12.5. The van der Waals surface area contributed by atoms with Gasteiger partial charge in [0.1, 0.15) is 0 Å². The number of ether oxygens (including phenoxy) is 1. The van der Waals surface area contributed by atoms with Gasteiger partial charge >= 0.3 is 5.97 Å². The first-order chi connectivity index (χ1) is 19.3. The Bertz CT molecular complexity index is 1380. The van der Waals surface area contributed by atoms with Crippen LogP contribution in [0.25, 0.3) is 0 Å². The molecule has 0 radical (unpaired) electrons. The number of hydrogen-bond donors (Lipinski definition) is 2. The number of thioether (sulfide) groups is 2. The topological polar surface area (TPSA) is 100 Å². The maximum atomic E-state index is 12.4. The molecule has 2 aliphatic rings. The molecule has 40 heavy (non-hydrogen) atoms. The zero-order valence-corrected chi connectivity index (χ0v) is 24.8. The van der Waals surface area contributed by atoms with Crippen LogP contribution in [0.3, 0.4) is 0 Å². The molecule has 2 aromatic rings. The summed E-state index contributed by atoms with van der Waals surface area (Å²) in [6.07, 6.45) is 5.27. The molecule has 0 atom stereocenters. The summed E-state index contributed by atoms with van der Waals surface area (Å²) in [7, 11) is 3.37. The number of anilines is 1. The van der Waals surface area contributed by atoms with E-state index in [1.54, 1.807) is 36.0 Å². The van der Waals surface area contributed by atoms with Crippen molar-refractivity contribution in [2.75, 3.05) is 26.0 Å². The Balaban J connectivity index is 1.68. The minimum Gasteiger partial charge on any atom is -0.465 e. The lowest BCUT2D eigenvalue weighted by molar-refractivity contribution is -0.104. The van der Waals surface area contributed by atoms with Crippen molar-refractivity contribution in [3.05, 3.63) is 79.7 Å². The molecule has 0 spiro atoms. The highest BCUT2D eigenvalue weighted by Gasteiger charge is 2.30. The van der Waals surface area contributed by atoms with Crippen LogP contribution in [-0.4, -0.2) is 48.8 Å². The van der Waals surface area contributed by atoms with E-state index >= 15 is 0 Å². The zero-order chi connectivity index (χ0) is 28.6. The van der Waals surface area contributed by atoms with Crippen LogP contribution in [0.15, 0.2) is 68.0 Å². The van der Waals surface area contributed by atoms with Crippen molar-refractivity contribution >= 4 is 58.1 Å². The maximum Gasteiger partial charge on any atom is 0.337 e. The highest BCUT2D eigenvalue weighted by Crippen LogP contribution is 2.49. The number of ketones is 1. The molecule has 0 saturated heterocycles. The van der Waals surface area contributed by atoms with E-state index in [-0.39, 0.29) is 5.78 Å². The number of amidine groups is 1. The van der Waals surface area contributed by atoms with Crippen molar-refractivity contribution in [3.63, 3.8) is 0 Å². The van der Waals surface area contributed by atoms with Gasteiger partial charge in [-0.3, -0.25) is 9.59 Å². The zero-order valence-electron chi connectivity index (χ0n) is 23.2. The third-order valence-electron chi connectivity index (χ3n) is 6.66. The van der Waals surface area contributed by atoms with Crippen LogP contribution in [0.4, 0.5) is 11.4 Å². The number of esters is 1. The van der Waals surface area contributed by atoms with E-state index in [2.05, 4.69) is 15.5 Å². The van der Waals surface area contributed by atoms with Crippen LogP contribution in [0.2, 0.25) is 0 Å². The molecule has 1 heterocycles. The van der Waals surface area contributed by atoms with Gasteiger partial charge in [-0.05, 0) is 87.2 Å². The SMILES string of the molecule is CCNc1ccc(C(C)=O)cc1N=C(NCc1ccc(C(=O)OC)cc1)S/C(C=O)=C1\SC2=C(CCCC2)N1C.